The van der Waals surface area contributed by atoms with Crippen LogP contribution in [0.5, 0.6) is 0 Å². The van der Waals surface area contributed by atoms with Gasteiger partial charge in [0, 0.05) is 53.9 Å². The van der Waals surface area contributed by atoms with Crippen LogP contribution in [0.15, 0.2) is 36.9 Å². The fourth-order valence-electron chi connectivity index (χ4n) is 3.60. The van der Waals surface area contributed by atoms with E-state index in [-0.39, 0.29) is 0 Å². The molecule has 1 fully saturated rings. The number of H-pyrrole nitrogens is 1. The molecule has 0 saturated carbocycles. The molecular weight excluding hydrogens is 354 g/mol. The molecule has 140 valence electrons. The fraction of sp³-hybridized carbons (Fsp3) is 0.300. The molecule has 5 heterocycles. The Balaban J connectivity index is 1.42. The standard InChI is InChI=1S/C20H19N7O/c21-9-16-8-17-18-7-14(10-23-20(18)25-19(17)12-22-16)15-11-24-27(13-15)2-1-26-3-5-28-6-4-26/h7-8,10-13H,1-6H2,(H,23,25). The average Bonchev–Trinajstić information content (AvgIpc) is 3.36. The SMILES string of the molecule is N#Cc1cc2c(cn1)[nH]c1ncc(-c3cnn(CCN4CCOCC4)c3)cc12. The van der Waals surface area contributed by atoms with Crippen LogP contribution in [0.25, 0.3) is 33.1 Å². The second-order valence-corrected chi connectivity index (χ2v) is 6.92. The summed E-state index contributed by atoms with van der Waals surface area (Å²) in [4.78, 5) is 14.3. The first-order valence-electron chi connectivity index (χ1n) is 9.31. The molecule has 1 aliphatic rings. The molecule has 0 aromatic carbocycles. The lowest BCUT2D eigenvalue weighted by Gasteiger charge is -2.26. The third-order valence-corrected chi connectivity index (χ3v) is 5.17. The van der Waals surface area contributed by atoms with Gasteiger partial charge in [-0.1, -0.05) is 0 Å². The van der Waals surface area contributed by atoms with E-state index in [1.165, 1.54) is 0 Å². The molecule has 1 aliphatic heterocycles. The minimum atomic E-state index is 0.398. The van der Waals surface area contributed by atoms with Gasteiger partial charge in [-0.2, -0.15) is 10.4 Å². The molecular formula is C20H19N7O. The molecule has 0 amide bonds. The first kappa shape index (κ1) is 16.9. The van der Waals surface area contributed by atoms with Crippen LogP contribution in [0.3, 0.4) is 0 Å². The number of aromatic amines is 1. The predicted molar refractivity (Wildman–Crippen MR) is 105 cm³/mol. The van der Waals surface area contributed by atoms with Crippen LogP contribution in [-0.2, 0) is 11.3 Å². The van der Waals surface area contributed by atoms with Gasteiger partial charge in [0.05, 0.1) is 37.7 Å². The van der Waals surface area contributed by atoms with Crippen molar-refractivity contribution in [2.24, 2.45) is 0 Å². The van der Waals surface area contributed by atoms with Crippen LogP contribution >= 0.6 is 0 Å². The van der Waals surface area contributed by atoms with Crippen LogP contribution in [0.4, 0.5) is 0 Å². The van der Waals surface area contributed by atoms with Gasteiger partial charge in [0.25, 0.3) is 0 Å². The van der Waals surface area contributed by atoms with Gasteiger partial charge in [-0.25, -0.2) is 9.97 Å². The highest BCUT2D eigenvalue weighted by atomic mass is 16.5. The van der Waals surface area contributed by atoms with Crippen molar-refractivity contribution in [1.82, 2.24) is 29.6 Å². The summed E-state index contributed by atoms with van der Waals surface area (Å²) in [6, 6.07) is 5.98. The number of nitrogens with zero attached hydrogens (tertiary/aromatic N) is 6. The number of nitriles is 1. The molecule has 8 heteroatoms. The number of hydrogen-bond donors (Lipinski definition) is 1. The number of hydrogen-bond acceptors (Lipinski definition) is 6. The number of fused-ring (bicyclic) bond motifs is 3. The second kappa shape index (κ2) is 7.03. The first-order valence-corrected chi connectivity index (χ1v) is 9.31. The van der Waals surface area contributed by atoms with Gasteiger partial charge in [0.2, 0.25) is 0 Å². The lowest BCUT2D eigenvalue weighted by molar-refractivity contribution is 0.0360. The number of morpholine rings is 1. The molecule has 0 aliphatic carbocycles. The minimum absolute atomic E-state index is 0.398. The Morgan fingerprint density at radius 2 is 1.93 bits per heavy atom. The highest BCUT2D eigenvalue weighted by Gasteiger charge is 2.12. The van der Waals surface area contributed by atoms with Crippen molar-refractivity contribution in [3.05, 3.63) is 42.6 Å². The van der Waals surface area contributed by atoms with E-state index in [9.17, 15) is 0 Å². The number of ether oxygens (including phenoxy) is 1. The number of nitrogens with one attached hydrogen (secondary N) is 1. The van der Waals surface area contributed by atoms with E-state index in [4.69, 9.17) is 10.00 Å². The summed E-state index contributed by atoms with van der Waals surface area (Å²) in [5.74, 6) is 0. The average molecular weight is 373 g/mol. The van der Waals surface area contributed by atoms with E-state index < -0.39 is 0 Å². The van der Waals surface area contributed by atoms with E-state index in [1.54, 1.807) is 12.3 Å². The second-order valence-electron chi connectivity index (χ2n) is 6.92. The maximum atomic E-state index is 9.13. The number of aromatic nitrogens is 5. The molecule has 5 rings (SSSR count). The third kappa shape index (κ3) is 3.11. The van der Waals surface area contributed by atoms with Crippen molar-refractivity contribution in [2.75, 3.05) is 32.8 Å². The van der Waals surface area contributed by atoms with Crippen molar-refractivity contribution in [3.8, 4) is 17.2 Å². The Morgan fingerprint density at radius 3 is 2.79 bits per heavy atom. The molecule has 0 radical (unpaired) electrons. The molecule has 4 aromatic rings. The lowest BCUT2D eigenvalue weighted by Crippen LogP contribution is -2.38. The summed E-state index contributed by atoms with van der Waals surface area (Å²) in [6.45, 7) is 5.39. The van der Waals surface area contributed by atoms with Crippen molar-refractivity contribution < 1.29 is 4.74 Å². The van der Waals surface area contributed by atoms with E-state index in [1.807, 2.05) is 17.1 Å². The fourth-order valence-corrected chi connectivity index (χ4v) is 3.60. The molecule has 0 unspecified atom stereocenters. The van der Waals surface area contributed by atoms with Crippen molar-refractivity contribution in [2.45, 2.75) is 6.54 Å². The molecule has 1 saturated heterocycles. The smallest absolute Gasteiger partial charge is 0.141 e. The van der Waals surface area contributed by atoms with Crippen LogP contribution < -0.4 is 0 Å². The zero-order valence-electron chi connectivity index (χ0n) is 15.3. The molecule has 0 atom stereocenters. The summed E-state index contributed by atoms with van der Waals surface area (Å²) >= 11 is 0. The maximum absolute atomic E-state index is 9.13. The Kier molecular flexibility index (Phi) is 4.24. The van der Waals surface area contributed by atoms with Crippen molar-refractivity contribution >= 4 is 21.9 Å². The summed E-state index contributed by atoms with van der Waals surface area (Å²) in [5.41, 5.74) is 4.09. The van der Waals surface area contributed by atoms with Gasteiger partial charge in [-0.15, -0.1) is 0 Å². The topological polar surface area (TPSA) is 95.7 Å². The monoisotopic (exact) mass is 373 g/mol. The van der Waals surface area contributed by atoms with Gasteiger partial charge in [0.15, 0.2) is 0 Å². The van der Waals surface area contributed by atoms with Gasteiger partial charge in [-0.05, 0) is 12.1 Å². The summed E-state index contributed by atoms with van der Waals surface area (Å²) < 4.78 is 7.37. The van der Waals surface area contributed by atoms with E-state index in [0.29, 0.717) is 5.69 Å². The van der Waals surface area contributed by atoms with E-state index in [2.05, 4.69) is 43.3 Å². The Hall–Kier alpha value is -3.28. The van der Waals surface area contributed by atoms with Crippen LogP contribution in [-0.4, -0.2) is 62.5 Å². The van der Waals surface area contributed by atoms with E-state index >= 15 is 0 Å². The number of pyridine rings is 2. The minimum Gasteiger partial charge on any atom is -0.379 e. The largest absolute Gasteiger partial charge is 0.379 e. The predicted octanol–water partition coefficient (Wildman–Crippen LogP) is 2.18. The molecule has 8 nitrogen and oxygen atoms in total. The van der Waals surface area contributed by atoms with Crippen LogP contribution in [0, 0.1) is 11.3 Å². The maximum Gasteiger partial charge on any atom is 0.141 e. The van der Waals surface area contributed by atoms with Crippen LogP contribution in [0.2, 0.25) is 0 Å². The molecule has 0 bridgehead atoms. The Morgan fingerprint density at radius 1 is 1.04 bits per heavy atom. The van der Waals surface area contributed by atoms with Crippen molar-refractivity contribution in [1.29, 1.82) is 5.26 Å². The van der Waals surface area contributed by atoms with E-state index in [0.717, 1.165) is 72.5 Å². The zero-order valence-corrected chi connectivity index (χ0v) is 15.3. The molecule has 28 heavy (non-hydrogen) atoms. The molecule has 4 aromatic heterocycles. The first-order chi connectivity index (χ1) is 13.8. The van der Waals surface area contributed by atoms with Gasteiger partial charge in [-0.3, -0.25) is 9.58 Å². The highest BCUT2D eigenvalue weighted by molar-refractivity contribution is 6.06. The Labute approximate surface area is 161 Å². The van der Waals surface area contributed by atoms with Crippen molar-refractivity contribution in [3.63, 3.8) is 0 Å². The Bertz CT molecular complexity index is 1180. The quantitative estimate of drug-likeness (QED) is 0.589. The van der Waals surface area contributed by atoms with Gasteiger partial charge < -0.3 is 9.72 Å². The normalized spacial score (nSPS) is 15.2. The van der Waals surface area contributed by atoms with Gasteiger partial charge in [0.1, 0.15) is 17.4 Å². The number of rotatable bonds is 4. The lowest BCUT2D eigenvalue weighted by atomic mass is 10.1. The highest BCUT2D eigenvalue weighted by Crippen LogP contribution is 2.28. The summed E-state index contributed by atoms with van der Waals surface area (Å²) in [6.07, 6.45) is 7.46. The van der Waals surface area contributed by atoms with Crippen LogP contribution in [0.1, 0.15) is 5.69 Å². The zero-order chi connectivity index (χ0) is 18.9. The molecule has 0 spiro atoms. The summed E-state index contributed by atoms with van der Waals surface area (Å²) in [5, 5.41) is 15.6. The third-order valence-electron chi connectivity index (χ3n) is 5.17. The van der Waals surface area contributed by atoms with Gasteiger partial charge >= 0.3 is 0 Å². The summed E-state index contributed by atoms with van der Waals surface area (Å²) in [7, 11) is 0. The molecule has 1 N–H and O–H groups in total.